The lowest BCUT2D eigenvalue weighted by Gasteiger charge is -2.20. The van der Waals surface area contributed by atoms with E-state index in [1.165, 1.54) is 75.9 Å². The van der Waals surface area contributed by atoms with Gasteiger partial charge < -0.3 is 9.84 Å². The highest BCUT2D eigenvalue weighted by Crippen LogP contribution is 2.19. The van der Waals surface area contributed by atoms with Crippen molar-refractivity contribution in [2.75, 3.05) is 19.8 Å². The zero-order chi connectivity index (χ0) is 18.6. The fraction of sp³-hybridized carbons (Fsp3) is 0.909. The van der Waals surface area contributed by atoms with Crippen LogP contribution in [0.4, 0.5) is 0 Å². The van der Waals surface area contributed by atoms with Gasteiger partial charge in [0.1, 0.15) is 8.07 Å². The average Bonchev–Trinajstić information content (AvgIpc) is 2.65. The van der Waals surface area contributed by atoms with Gasteiger partial charge in [-0.1, -0.05) is 72.1 Å². The molecule has 0 saturated heterocycles. The lowest BCUT2D eigenvalue weighted by Crippen LogP contribution is -2.29. The van der Waals surface area contributed by atoms with E-state index in [-0.39, 0.29) is 6.61 Å². The fourth-order valence-corrected chi connectivity index (χ4v) is 5.79. The second kappa shape index (κ2) is 18.5. The van der Waals surface area contributed by atoms with Crippen LogP contribution in [0.2, 0.25) is 18.1 Å². The molecule has 0 rings (SSSR count). The van der Waals surface area contributed by atoms with Crippen LogP contribution in [0.1, 0.15) is 91.4 Å². The van der Waals surface area contributed by atoms with Gasteiger partial charge in [-0.2, -0.15) is 0 Å². The van der Waals surface area contributed by atoms with Crippen molar-refractivity contribution in [3.8, 4) is 11.5 Å². The minimum Gasteiger partial charge on any atom is -0.394 e. The van der Waals surface area contributed by atoms with Gasteiger partial charge in [-0.3, -0.25) is 0 Å². The summed E-state index contributed by atoms with van der Waals surface area (Å²) in [5.41, 5.74) is 3.70. The van der Waals surface area contributed by atoms with E-state index >= 15 is 0 Å². The van der Waals surface area contributed by atoms with E-state index in [2.05, 4.69) is 32.2 Å². The van der Waals surface area contributed by atoms with Crippen molar-refractivity contribution in [2.24, 2.45) is 0 Å². The Hall–Kier alpha value is -0.303. The van der Waals surface area contributed by atoms with Gasteiger partial charge in [0.25, 0.3) is 0 Å². The molecule has 0 atom stereocenters. The molecule has 0 spiro atoms. The van der Waals surface area contributed by atoms with Crippen molar-refractivity contribution in [2.45, 2.75) is 110 Å². The van der Waals surface area contributed by atoms with Crippen LogP contribution in [0.5, 0.6) is 0 Å². The lowest BCUT2D eigenvalue weighted by molar-refractivity contribution is 0.0895. The first-order valence-electron chi connectivity index (χ1n) is 10.9. The average molecular weight is 369 g/mol. The standard InChI is InChI=1S/C22H44O2Si/c1-4-25(5-2,6-3)22-18-16-14-12-10-8-7-9-11-13-15-17-20-24-21-19-23/h23H,4-17,19-21H2,1-3H3. The van der Waals surface area contributed by atoms with Gasteiger partial charge in [-0.15, -0.1) is 11.5 Å². The van der Waals surface area contributed by atoms with Crippen molar-refractivity contribution in [3.63, 3.8) is 0 Å². The Morgan fingerprint density at radius 3 is 1.64 bits per heavy atom. The van der Waals surface area contributed by atoms with Crippen LogP contribution in [0.25, 0.3) is 0 Å². The number of hydrogen-bond donors (Lipinski definition) is 1. The summed E-state index contributed by atoms with van der Waals surface area (Å²) in [6, 6.07) is 3.97. The minimum absolute atomic E-state index is 0.144. The van der Waals surface area contributed by atoms with E-state index in [4.69, 9.17) is 9.84 Å². The predicted molar refractivity (Wildman–Crippen MR) is 114 cm³/mol. The number of rotatable bonds is 17. The van der Waals surface area contributed by atoms with E-state index in [1.807, 2.05) is 0 Å². The third kappa shape index (κ3) is 14.5. The number of ether oxygens (including phenoxy) is 1. The molecule has 3 heteroatoms. The summed E-state index contributed by atoms with van der Waals surface area (Å²) in [4.78, 5) is 0. The third-order valence-corrected chi connectivity index (χ3v) is 10.2. The Morgan fingerprint density at radius 2 is 1.16 bits per heavy atom. The first-order chi connectivity index (χ1) is 12.2. The molecule has 0 unspecified atom stereocenters. The summed E-state index contributed by atoms with van der Waals surface area (Å²) >= 11 is 0. The number of aliphatic hydroxyl groups excluding tert-OH is 1. The lowest BCUT2D eigenvalue weighted by atomic mass is 10.1. The molecule has 0 aliphatic rings. The molecule has 0 bridgehead atoms. The van der Waals surface area contributed by atoms with Gasteiger partial charge in [-0.25, -0.2) is 0 Å². The van der Waals surface area contributed by atoms with Crippen molar-refractivity contribution < 1.29 is 9.84 Å². The second-order valence-corrected chi connectivity index (χ2v) is 12.2. The van der Waals surface area contributed by atoms with Crippen LogP contribution in [0.3, 0.4) is 0 Å². The quantitative estimate of drug-likeness (QED) is 0.184. The summed E-state index contributed by atoms with van der Waals surface area (Å²) in [6.07, 6.45) is 14.4. The summed E-state index contributed by atoms with van der Waals surface area (Å²) in [6.45, 7) is 8.44. The van der Waals surface area contributed by atoms with E-state index in [0.717, 1.165) is 19.4 Å². The molecule has 2 nitrogen and oxygen atoms in total. The highest BCUT2D eigenvalue weighted by Gasteiger charge is 2.23. The topological polar surface area (TPSA) is 29.5 Å². The van der Waals surface area contributed by atoms with E-state index in [0.29, 0.717) is 6.61 Å². The van der Waals surface area contributed by atoms with Gasteiger partial charge in [0.05, 0.1) is 13.2 Å². The predicted octanol–water partition coefficient (Wildman–Crippen LogP) is 6.34. The number of hydrogen-bond acceptors (Lipinski definition) is 2. The maximum absolute atomic E-state index is 8.60. The summed E-state index contributed by atoms with van der Waals surface area (Å²) in [5, 5.41) is 8.60. The molecule has 0 aromatic rings. The largest absolute Gasteiger partial charge is 0.394 e. The van der Waals surface area contributed by atoms with E-state index in [9.17, 15) is 0 Å². The van der Waals surface area contributed by atoms with Gasteiger partial charge in [0, 0.05) is 13.0 Å². The van der Waals surface area contributed by atoms with Crippen molar-refractivity contribution in [3.05, 3.63) is 0 Å². The molecule has 1 N–H and O–H groups in total. The van der Waals surface area contributed by atoms with E-state index < -0.39 is 8.07 Å². The molecule has 148 valence electrons. The number of unbranched alkanes of at least 4 members (excludes halogenated alkanes) is 10. The summed E-state index contributed by atoms with van der Waals surface area (Å²) < 4.78 is 5.26. The SMILES string of the molecule is CC[Si](C#CCCCCCCCCCCCCOCCO)(CC)CC. The number of aliphatic hydroxyl groups is 1. The molecule has 0 saturated carbocycles. The van der Waals surface area contributed by atoms with Crippen LogP contribution in [0, 0.1) is 11.5 Å². The molecule has 0 aliphatic heterocycles. The highest BCUT2D eigenvalue weighted by molar-refractivity contribution is 6.87. The van der Waals surface area contributed by atoms with Crippen LogP contribution in [0.15, 0.2) is 0 Å². The maximum atomic E-state index is 8.60. The van der Waals surface area contributed by atoms with Gasteiger partial charge in [-0.05, 0) is 31.0 Å². The molecule has 25 heavy (non-hydrogen) atoms. The molecule has 0 amide bonds. The third-order valence-electron chi connectivity index (χ3n) is 5.46. The Morgan fingerprint density at radius 1 is 0.680 bits per heavy atom. The molecule has 0 fully saturated rings. The Kier molecular flexibility index (Phi) is 18.3. The first-order valence-corrected chi connectivity index (χ1v) is 13.6. The summed E-state index contributed by atoms with van der Waals surface area (Å²) in [7, 11) is -1.20. The van der Waals surface area contributed by atoms with Gasteiger partial charge in [0.2, 0.25) is 0 Å². The monoisotopic (exact) mass is 368 g/mol. The Bertz CT molecular complexity index is 320. The highest BCUT2D eigenvalue weighted by atomic mass is 28.3. The van der Waals surface area contributed by atoms with Crippen LogP contribution < -0.4 is 0 Å². The fourth-order valence-electron chi connectivity index (χ4n) is 3.26. The maximum Gasteiger partial charge on any atom is 0.137 e. The normalized spacial score (nSPS) is 11.4. The molecule has 0 aliphatic carbocycles. The molecule has 0 radical (unpaired) electrons. The van der Waals surface area contributed by atoms with Crippen LogP contribution in [-0.4, -0.2) is 33.0 Å². The molecular weight excluding hydrogens is 324 g/mol. The van der Waals surface area contributed by atoms with Crippen molar-refractivity contribution >= 4 is 8.07 Å². The van der Waals surface area contributed by atoms with Crippen LogP contribution >= 0.6 is 0 Å². The van der Waals surface area contributed by atoms with Gasteiger partial charge in [0.15, 0.2) is 0 Å². The zero-order valence-corrected chi connectivity index (χ0v) is 18.4. The first kappa shape index (κ1) is 24.7. The van der Waals surface area contributed by atoms with Crippen LogP contribution in [-0.2, 0) is 4.74 Å². The molecular formula is C22H44O2Si. The summed E-state index contributed by atoms with van der Waals surface area (Å²) in [5.74, 6) is 3.51. The molecule has 0 aromatic heterocycles. The molecule has 0 aromatic carbocycles. The zero-order valence-electron chi connectivity index (χ0n) is 17.4. The van der Waals surface area contributed by atoms with E-state index in [1.54, 1.807) is 0 Å². The second-order valence-electron chi connectivity index (χ2n) is 7.26. The smallest absolute Gasteiger partial charge is 0.137 e. The van der Waals surface area contributed by atoms with Gasteiger partial charge >= 0.3 is 0 Å². The Balaban J connectivity index is 3.35. The Labute approximate surface area is 159 Å². The van der Waals surface area contributed by atoms with Crippen molar-refractivity contribution in [1.82, 2.24) is 0 Å². The molecule has 0 heterocycles. The van der Waals surface area contributed by atoms with Crippen molar-refractivity contribution in [1.29, 1.82) is 0 Å². The minimum atomic E-state index is -1.20.